The van der Waals surface area contributed by atoms with E-state index >= 15 is 0 Å². The molecule has 3 rings (SSSR count). The fraction of sp³-hybridized carbons (Fsp3) is 0.263. The van der Waals surface area contributed by atoms with Crippen LogP contribution in [0.25, 0.3) is 0 Å². The van der Waals surface area contributed by atoms with Gasteiger partial charge in [0.25, 0.3) is 0 Å². The average molecular weight is 309 g/mol. The summed E-state index contributed by atoms with van der Waals surface area (Å²) in [7, 11) is 0. The number of anilines is 1. The number of esters is 1. The lowest BCUT2D eigenvalue weighted by atomic mass is 10.1. The first-order chi connectivity index (χ1) is 11.2. The number of benzene rings is 2. The highest BCUT2D eigenvalue weighted by atomic mass is 16.5. The summed E-state index contributed by atoms with van der Waals surface area (Å²) in [6.07, 6.45) is 1.01. The molecule has 1 heterocycles. The Hall–Kier alpha value is -2.62. The van der Waals surface area contributed by atoms with Crippen LogP contribution in [0.4, 0.5) is 5.69 Å². The maximum atomic E-state index is 12.6. The summed E-state index contributed by atoms with van der Waals surface area (Å²) in [5, 5.41) is 0. The van der Waals surface area contributed by atoms with E-state index in [4.69, 9.17) is 4.74 Å². The molecule has 1 amide bonds. The molecule has 0 radical (unpaired) electrons. The van der Waals surface area contributed by atoms with Gasteiger partial charge in [0.15, 0.2) is 0 Å². The molecule has 118 valence electrons. The van der Waals surface area contributed by atoms with Gasteiger partial charge in [-0.05, 0) is 31.0 Å². The second-order valence-corrected chi connectivity index (χ2v) is 5.62. The van der Waals surface area contributed by atoms with Gasteiger partial charge in [-0.25, -0.2) is 4.79 Å². The molecule has 1 atom stereocenters. The fourth-order valence-corrected chi connectivity index (χ4v) is 2.80. The zero-order chi connectivity index (χ0) is 16.2. The molecule has 4 heteroatoms. The van der Waals surface area contributed by atoms with Gasteiger partial charge in [0, 0.05) is 13.0 Å². The van der Waals surface area contributed by atoms with Gasteiger partial charge in [0.1, 0.15) is 6.10 Å². The van der Waals surface area contributed by atoms with Gasteiger partial charge >= 0.3 is 5.97 Å². The number of nitrogens with zero attached hydrogens (tertiary/aromatic N) is 1. The zero-order valence-electron chi connectivity index (χ0n) is 13.1. The van der Waals surface area contributed by atoms with Gasteiger partial charge in [0.2, 0.25) is 5.91 Å². The second-order valence-electron chi connectivity index (χ2n) is 5.62. The number of para-hydroxylation sites is 1. The molecule has 2 aromatic rings. The van der Waals surface area contributed by atoms with Crippen molar-refractivity contribution in [1.29, 1.82) is 0 Å². The molecule has 0 spiro atoms. The van der Waals surface area contributed by atoms with Crippen LogP contribution in [0.1, 0.15) is 41.8 Å². The summed E-state index contributed by atoms with van der Waals surface area (Å²) < 4.78 is 5.58. The van der Waals surface area contributed by atoms with E-state index in [1.54, 1.807) is 23.1 Å². The van der Waals surface area contributed by atoms with Crippen LogP contribution in [0.3, 0.4) is 0 Å². The van der Waals surface area contributed by atoms with Gasteiger partial charge < -0.3 is 9.64 Å². The molecule has 0 saturated carbocycles. The van der Waals surface area contributed by atoms with Gasteiger partial charge in [-0.15, -0.1) is 0 Å². The molecule has 1 aliphatic rings. The van der Waals surface area contributed by atoms with Crippen LogP contribution >= 0.6 is 0 Å². The molecule has 1 aliphatic heterocycles. The van der Waals surface area contributed by atoms with Gasteiger partial charge in [-0.2, -0.15) is 0 Å². The van der Waals surface area contributed by atoms with E-state index in [1.165, 1.54) is 0 Å². The van der Waals surface area contributed by atoms with E-state index in [1.807, 2.05) is 43.3 Å². The zero-order valence-corrected chi connectivity index (χ0v) is 13.1. The number of carbonyl (C=O) groups excluding carboxylic acids is 2. The Morgan fingerprint density at radius 1 is 1.09 bits per heavy atom. The summed E-state index contributed by atoms with van der Waals surface area (Å²) in [5.74, 6) is -0.349. The molecule has 1 fully saturated rings. The standard InChI is InChI=1S/C19H19NO3/c1-14(15-8-3-2-4-9-15)23-19(22)16-10-5-6-11-17(16)20-13-7-12-18(20)21/h2-6,8-11,14H,7,12-13H2,1H3/t14-/m0/s1. The van der Waals surface area contributed by atoms with Crippen molar-refractivity contribution in [2.75, 3.05) is 11.4 Å². The normalized spacial score (nSPS) is 15.5. The third-order valence-corrected chi connectivity index (χ3v) is 4.04. The SMILES string of the molecule is C[C@H](OC(=O)c1ccccc1N1CCCC1=O)c1ccccc1. The second kappa shape index (κ2) is 6.65. The van der Waals surface area contributed by atoms with Gasteiger partial charge in [-0.1, -0.05) is 42.5 Å². The van der Waals surface area contributed by atoms with Crippen LogP contribution < -0.4 is 4.90 Å². The minimum absolute atomic E-state index is 0.0568. The van der Waals surface area contributed by atoms with Gasteiger partial charge in [0.05, 0.1) is 11.3 Å². The minimum atomic E-state index is -0.406. The molecule has 0 aliphatic carbocycles. The Kier molecular flexibility index (Phi) is 4.42. The summed E-state index contributed by atoms with van der Waals surface area (Å²) in [6, 6.07) is 16.7. The number of amides is 1. The van der Waals surface area contributed by atoms with Crippen LogP contribution in [0, 0.1) is 0 Å². The number of hydrogen-bond donors (Lipinski definition) is 0. The maximum absolute atomic E-state index is 12.6. The molecule has 23 heavy (non-hydrogen) atoms. The van der Waals surface area contributed by atoms with Crippen molar-refractivity contribution in [2.24, 2.45) is 0 Å². The first kappa shape index (κ1) is 15.3. The highest BCUT2D eigenvalue weighted by molar-refractivity contribution is 6.03. The van der Waals surface area contributed by atoms with Crippen molar-refractivity contribution < 1.29 is 14.3 Å². The molecule has 2 aromatic carbocycles. The highest BCUT2D eigenvalue weighted by Gasteiger charge is 2.26. The van der Waals surface area contributed by atoms with Crippen LogP contribution in [0.5, 0.6) is 0 Å². The molecular weight excluding hydrogens is 290 g/mol. The van der Waals surface area contributed by atoms with E-state index in [0.29, 0.717) is 24.2 Å². The lowest BCUT2D eigenvalue weighted by Crippen LogP contribution is -2.26. The molecular formula is C19H19NO3. The van der Waals surface area contributed by atoms with E-state index in [0.717, 1.165) is 12.0 Å². The van der Waals surface area contributed by atoms with Crippen molar-refractivity contribution in [3.05, 3.63) is 65.7 Å². The van der Waals surface area contributed by atoms with Gasteiger partial charge in [-0.3, -0.25) is 4.79 Å². The highest BCUT2D eigenvalue weighted by Crippen LogP contribution is 2.27. The fourth-order valence-electron chi connectivity index (χ4n) is 2.80. The van der Waals surface area contributed by atoms with Crippen molar-refractivity contribution >= 4 is 17.6 Å². The largest absolute Gasteiger partial charge is 0.454 e. The smallest absolute Gasteiger partial charge is 0.340 e. The quantitative estimate of drug-likeness (QED) is 0.808. The molecule has 0 aromatic heterocycles. The molecule has 0 N–H and O–H groups in total. The Labute approximate surface area is 135 Å². The van der Waals surface area contributed by atoms with Crippen molar-refractivity contribution in [3.63, 3.8) is 0 Å². The monoisotopic (exact) mass is 309 g/mol. The Balaban J connectivity index is 1.81. The van der Waals surface area contributed by atoms with Crippen molar-refractivity contribution in [3.8, 4) is 0 Å². The Bertz CT molecular complexity index is 712. The lowest BCUT2D eigenvalue weighted by molar-refractivity contribution is -0.117. The molecule has 4 nitrogen and oxygen atoms in total. The molecule has 0 bridgehead atoms. The van der Waals surface area contributed by atoms with Crippen LogP contribution in [-0.4, -0.2) is 18.4 Å². The molecule has 0 unspecified atom stereocenters. The summed E-state index contributed by atoms with van der Waals surface area (Å²) in [6.45, 7) is 2.49. The third kappa shape index (κ3) is 3.26. The minimum Gasteiger partial charge on any atom is -0.454 e. The summed E-state index contributed by atoms with van der Waals surface area (Å²) >= 11 is 0. The van der Waals surface area contributed by atoms with Crippen LogP contribution in [0.2, 0.25) is 0 Å². The number of rotatable bonds is 4. The number of carbonyl (C=O) groups is 2. The predicted octanol–water partition coefficient (Wildman–Crippen LogP) is 3.73. The third-order valence-electron chi connectivity index (χ3n) is 4.04. The Morgan fingerprint density at radius 2 is 1.78 bits per heavy atom. The first-order valence-corrected chi connectivity index (χ1v) is 7.82. The van der Waals surface area contributed by atoms with E-state index in [-0.39, 0.29) is 12.0 Å². The van der Waals surface area contributed by atoms with Crippen LogP contribution in [0.15, 0.2) is 54.6 Å². The van der Waals surface area contributed by atoms with E-state index in [9.17, 15) is 9.59 Å². The van der Waals surface area contributed by atoms with Crippen molar-refractivity contribution in [2.45, 2.75) is 25.9 Å². The Morgan fingerprint density at radius 3 is 2.48 bits per heavy atom. The van der Waals surface area contributed by atoms with Crippen molar-refractivity contribution in [1.82, 2.24) is 0 Å². The topological polar surface area (TPSA) is 46.6 Å². The predicted molar refractivity (Wildman–Crippen MR) is 88.3 cm³/mol. The van der Waals surface area contributed by atoms with E-state index in [2.05, 4.69) is 0 Å². The van der Waals surface area contributed by atoms with Crippen LogP contribution in [-0.2, 0) is 9.53 Å². The average Bonchev–Trinajstić information content (AvgIpc) is 3.01. The number of ether oxygens (including phenoxy) is 1. The van der Waals surface area contributed by atoms with E-state index < -0.39 is 5.97 Å². The first-order valence-electron chi connectivity index (χ1n) is 7.82. The molecule has 1 saturated heterocycles. The number of hydrogen-bond acceptors (Lipinski definition) is 3. The summed E-state index contributed by atoms with van der Waals surface area (Å²) in [4.78, 5) is 26.2. The lowest BCUT2D eigenvalue weighted by Gasteiger charge is -2.20. The maximum Gasteiger partial charge on any atom is 0.340 e. The summed E-state index contributed by atoms with van der Waals surface area (Å²) in [5.41, 5.74) is 2.02.